The van der Waals surface area contributed by atoms with Gasteiger partial charge in [-0.25, -0.2) is 0 Å². The fraction of sp³-hybridized carbons (Fsp3) is 0.500. The van der Waals surface area contributed by atoms with E-state index in [1.54, 1.807) is 19.3 Å². The topological polar surface area (TPSA) is 83.8 Å². The van der Waals surface area contributed by atoms with E-state index < -0.39 is 5.41 Å². The number of carbonyl (C=O) groups is 1. The number of amides is 1. The standard InChI is InChI=1S/C10H16N4OS/c1-3-10(2,8(11)16)9(15)12-4-7-5-13-14-6-7/h5-6H,3-4H2,1-2H3,(H2,11,16)(H,12,15)(H,13,14). The first kappa shape index (κ1) is 12.6. The number of aromatic amines is 1. The third kappa shape index (κ3) is 2.57. The Labute approximate surface area is 99.8 Å². The van der Waals surface area contributed by atoms with E-state index in [9.17, 15) is 4.79 Å². The number of thiocarbonyl (C=S) groups is 1. The zero-order chi connectivity index (χ0) is 12.2. The van der Waals surface area contributed by atoms with Gasteiger partial charge in [0, 0.05) is 18.3 Å². The van der Waals surface area contributed by atoms with Gasteiger partial charge in [0.1, 0.15) is 0 Å². The summed E-state index contributed by atoms with van der Waals surface area (Å²) in [4.78, 5) is 12.1. The van der Waals surface area contributed by atoms with Crippen molar-refractivity contribution >= 4 is 23.1 Å². The van der Waals surface area contributed by atoms with Crippen LogP contribution in [0.1, 0.15) is 25.8 Å². The molecule has 1 unspecified atom stereocenters. The minimum absolute atomic E-state index is 0.149. The third-order valence-electron chi connectivity index (χ3n) is 2.76. The first-order chi connectivity index (χ1) is 7.50. The molecule has 16 heavy (non-hydrogen) atoms. The Morgan fingerprint density at radius 2 is 2.44 bits per heavy atom. The number of carbonyl (C=O) groups excluding carboxylic acids is 1. The molecule has 1 heterocycles. The zero-order valence-electron chi connectivity index (χ0n) is 9.41. The molecule has 0 aliphatic rings. The normalized spacial score (nSPS) is 14.1. The lowest BCUT2D eigenvalue weighted by Gasteiger charge is -2.25. The Kier molecular flexibility index (Phi) is 4.00. The van der Waals surface area contributed by atoms with Crippen molar-refractivity contribution in [2.75, 3.05) is 0 Å². The zero-order valence-corrected chi connectivity index (χ0v) is 10.2. The molecule has 0 bridgehead atoms. The fourth-order valence-electron chi connectivity index (χ4n) is 1.20. The van der Waals surface area contributed by atoms with Crippen molar-refractivity contribution in [1.29, 1.82) is 0 Å². The summed E-state index contributed by atoms with van der Waals surface area (Å²) in [7, 11) is 0. The second kappa shape index (κ2) is 5.07. The van der Waals surface area contributed by atoms with Crippen LogP contribution in [0.25, 0.3) is 0 Å². The first-order valence-corrected chi connectivity index (χ1v) is 5.47. The van der Waals surface area contributed by atoms with Crippen molar-refractivity contribution in [1.82, 2.24) is 15.5 Å². The van der Waals surface area contributed by atoms with Crippen molar-refractivity contribution < 1.29 is 4.79 Å². The Morgan fingerprint density at radius 3 is 2.88 bits per heavy atom. The maximum absolute atomic E-state index is 11.9. The second-order valence-corrected chi connectivity index (χ2v) is 4.28. The van der Waals surface area contributed by atoms with E-state index in [0.717, 1.165) is 5.56 Å². The van der Waals surface area contributed by atoms with E-state index in [4.69, 9.17) is 18.0 Å². The molecule has 6 heteroatoms. The maximum atomic E-state index is 11.9. The lowest BCUT2D eigenvalue weighted by Crippen LogP contribution is -2.46. The van der Waals surface area contributed by atoms with Crippen molar-refractivity contribution in [2.45, 2.75) is 26.8 Å². The fourth-order valence-corrected chi connectivity index (χ4v) is 1.44. The average molecular weight is 240 g/mol. The van der Waals surface area contributed by atoms with Crippen molar-refractivity contribution in [3.8, 4) is 0 Å². The van der Waals surface area contributed by atoms with E-state index in [-0.39, 0.29) is 10.9 Å². The molecule has 0 spiro atoms. The van der Waals surface area contributed by atoms with Crippen LogP contribution in [0.3, 0.4) is 0 Å². The van der Waals surface area contributed by atoms with Crippen LogP contribution in [0, 0.1) is 5.41 Å². The van der Waals surface area contributed by atoms with Gasteiger partial charge in [0.25, 0.3) is 0 Å². The summed E-state index contributed by atoms with van der Waals surface area (Å²) >= 11 is 4.92. The Bertz CT molecular complexity index is 376. The number of hydrogen-bond acceptors (Lipinski definition) is 3. The lowest BCUT2D eigenvalue weighted by atomic mass is 9.86. The van der Waals surface area contributed by atoms with Gasteiger partial charge < -0.3 is 11.1 Å². The molecule has 0 aliphatic carbocycles. The molecule has 88 valence electrons. The molecule has 1 rings (SSSR count). The molecule has 1 atom stereocenters. The number of nitrogens with two attached hydrogens (primary N) is 1. The van der Waals surface area contributed by atoms with Crippen LogP contribution in [0.5, 0.6) is 0 Å². The predicted octanol–water partition coefficient (Wildman–Crippen LogP) is 0.728. The molecule has 1 amide bonds. The van der Waals surface area contributed by atoms with Crippen molar-refractivity contribution in [3.63, 3.8) is 0 Å². The number of hydrogen-bond donors (Lipinski definition) is 3. The summed E-state index contributed by atoms with van der Waals surface area (Å²) in [5.41, 5.74) is 5.72. The predicted molar refractivity (Wildman–Crippen MR) is 65.6 cm³/mol. The minimum atomic E-state index is -0.779. The third-order valence-corrected chi connectivity index (χ3v) is 3.21. The molecule has 4 N–H and O–H groups in total. The molecule has 1 aromatic heterocycles. The molecule has 0 fully saturated rings. The highest BCUT2D eigenvalue weighted by atomic mass is 32.1. The molecule has 1 aromatic rings. The second-order valence-electron chi connectivity index (χ2n) is 3.84. The molecule has 0 saturated heterocycles. The molecule has 0 radical (unpaired) electrons. The number of nitrogens with zero attached hydrogens (tertiary/aromatic N) is 1. The van der Waals surface area contributed by atoms with Gasteiger partial charge in [-0.1, -0.05) is 19.1 Å². The number of aromatic nitrogens is 2. The van der Waals surface area contributed by atoms with Crippen molar-refractivity contribution in [2.24, 2.45) is 11.1 Å². The summed E-state index contributed by atoms with van der Waals surface area (Å²) in [5, 5.41) is 9.26. The molecular formula is C10H16N4OS. The van der Waals surface area contributed by atoms with E-state index in [0.29, 0.717) is 13.0 Å². The van der Waals surface area contributed by atoms with Crippen LogP contribution in [0.2, 0.25) is 0 Å². The quantitative estimate of drug-likeness (QED) is 0.662. The Balaban J connectivity index is 2.60. The highest BCUT2D eigenvalue weighted by molar-refractivity contribution is 7.80. The van der Waals surface area contributed by atoms with E-state index in [1.165, 1.54) is 0 Å². The van der Waals surface area contributed by atoms with Crippen LogP contribution < -0.4 is 11.1 Å². The van der Waals surface area contributed by atoms with Crippen LogP contribution in [-0.2, 0) is 11.3 Å². The van der Waals surface area contributed by atoms with Gasteiger partial charge in [-0.3, -0.25) is 9.89 Å². The van der Waals surface area contributed by atoms with Gasteiger partial charge >= 0.3 is 0 Å². The van der Waals surface area contributed by atoms with Crippen LogP contribution in [-0.4, -0.2) is 21.1 Å². The SMILES string of the molecule is CCC(C)(C(=O)NCc1cn[nH]c1)C(N)=S. The number of H-pyrrole nitrogens is 1. The Hall–Kier alpha value is -1.43. The largest absolute Gasteiger partial charge is 0.392 e. The van der Waals surface area contributed by atoms with E-state index in [1.807, 2.05) is 6.92 Å². The van der Waals surface area contributed by atoms with Gasteiger partial charge in [0.05, 0.1) is 16.6 Å². The smallest absolute Gasteiger partial charge is 0.233 e. The Morgan fingerprint density at radius 1 is 1.75 bits per heavy atom. The van der Waals surface area contributed by atoms with Crippen LogP contribution >= 0.6 is 12.2 Å². The highest BCUT2D eigenvalue weighted by Crippen LogP contribution is 2.21. The highest BCUT2D eigenvalue weighted by Gasteiger charge is 2.34. The first-order valence-electron chi connectivity index (χ1n) is 5.06. The van der Waals surface area contributed by atoms with Crippen LogP contribution in [0.15, 0.2) is 12.4 Å². The van der Waals surface area contributed by atoms with Gasteiger partial charge in [0.15, 0.2) is 0 Å². The lowest BCUT2D eigenvalue weighted by molar-refractivity contribution is -0.127. The van der Waals surface area contributed by atoms with Gasteiger partial charge in [-0.15, -0.1) is 0 Å². The molecule has 0 aromatic carbocycles. The van der Waals surface area contributed by atoms with Gasteiger partial charge in [-0.05, 0) is 13.3 Å². The summed E-state index contributed by atoms with van der Waals surface area (Å²) in [6.45, 7) is 4.06. The average Bonchev–Trinajstić information content (AvgIpc) is 2.77. The van der Waals surface area contributed by atoms with Gasteiger partial charge in [0.2, 0.25) is 5.91 Å². The van der Waals surface area contributed by atoms with Crippen LogP contribution in [0.4, 0.5) is 0 Å². The summed E-state index contributed by atoms with van der Waals surface area (Å²) in [6.07, 6.45) is 3.97. The minimum Gasteiger partial charge on any atom is -0.392 e. The molecular weight excluding hydrogens is 224 g/mol. The molecule has 0 aliphatic heterocycles. The summed E-state index contributed by atoms with van der Waals surface area (Å²) in [6, 6.07) is 0. The van der Waals surface area contributed by atoms with Crippen molar-refractivity contribution in [3.05, 3.63) is 18.0 Å². The monoisotopic (exact) mass is 240 g/mol. The summed E-state index contributed by atoms with van der Waals surface area (Å²) in [5.74, 6) is -0.149. The van der Waals surface area contributed by atoms with Gasteiger partial charge in [-0.2, -0.15) is 5.10 Å². The summed E-state index contributed by atoms with van der Waals surface area (Å²) < 4.78 is 0. The molecule has 5 nitrogen and oxygen atoms in total. The molecule has 0 saturated carbocycles. The van der Waals surface area contributed by atoms with E-state index >= 15 is 0 Å². The maximum Gasteiger partial charge on any atom is 0.233 e. The number of nitrogens with one attached hydrogen (secondary N) is 2. The van der Waals surface area contributed by atoms with E-state index in [2.05, 4.69) is 15.5 Å². The number of rotatable bonds is 5.